The first-order valence-corrected chi connectivity index (χ1v) is 6.16. The van der Waals surface area contributed by atoms with Gasteiger partial charge in [0.25, 0.3) is 0 Å². The molecule has 1 aromatic rings. The summed E-state index contributed by atoms with van der Waals surface area (Å²) in [6.07, 6.45) is 1.59. The normalized spacial score (nSPS) is 21.9. The van der Waals surface area contributed by atoms with E-state index in [-0.39, 0.29) is 5.15 Å². The number of nitrogens with zero attached hydrogens (tertiary/aromatic N) is 1. The van der Waals surface area contributed by atoms with E-state index >= 15 is 0 Å². The summed E-state index contributed by atoms with van der Waals surface area (Å²) in [4.78, 5) is 3.91. The van der Waals surface area contributed by atoms with Gasteiger partial charge in [0, 0.05) is 11.7 Å². The highest BCUT2D eigenvalue weighted by Crippen LogP contribution is 2.37. The van der Waals surface area contributed by atoms with Crippen molar-refractivity contribution in [1.29, 1.82) is 0 Å². The number of aromatic nitrogens is 1. The molecule has 2 heterocycles. The van der Waals surface area contributed by atoms with Crippen LogP contribution in [0.5, 0.6) is 0 Å². The largest absolute Gasteiger partial charge is 0.496 e. The highest BCUT2D eigenvalue weighted by atomic mass is 35.5. The zero-order valence-corrected chi connectivity index (χ0v) is 11.8. The third-order valence-electron chi connectivity index (χ3n) is 3.38. The number of hydrogen-bond acceptors (Lipinski definition) is 3. The van der Waals surface area contributed by atoms with Gasteiger partial charge in [-0.05, 0) is 33.8 Å². The Kier molecular flexibility index (Phi) is 3.19. The quantitative estimate of drug-likeness (QED) is 0.582. The van der Waals surface area contributed by atoms with Gasteiger partial charge in [-0.1, -0.05) is 23.2 Å². The summed E-state index contributed by atoms with van der Waals surface area (Å²) in [6.45, 7) is 7.96. The summed E-state index contributed by atoms with van der Waals surface area (Å²) in [7, 11) is -0.506. The summed E-state index contributed by atoms with van der Waals surface area (Å²) in [5, 5.41) is 0.645. The van der Waals surface area contributed by atoms with Gasteiger partial charge < -0.3 is 9.31 Å². The first-order chi connectivity index (χ1) is 7.74. The van der Waals surface area contributed by atoms with Gasteiger partial charge in [-0.3, -0.25) is 0 Å². The minimum atomic E-state index is -0.506. The smallest absolute Gasteiger partial charge is 0.399 e. The van der Waals surface area contributed by atoms with Gasteiger partial charge in [0.1, 0.15) is 5.15 Å². The number of rotatable bonds is 1. The molecule has 3 nitrogen and oxygen atoms in total. The predicted molar refractivity (Wildman–Crippen MR) is 70.0 cm³/mol. The Bertz CT molecular complexity index is 435. The van der Waals surface area contributed by atoms with Gasteiger partial charge >= 0.3 is 7.12 Å². The van der Waals surface area contributed by atoms with E-state index in [1.165, 1.54) is 0 Å². The molecule has 1 saturated heterocycles. The molecular formula is C11H14BCl2NO2. The van der Waals surface area contributed by atoms with Crippen LogP contribution in [0.15, 0.2) is 12.3 Å². The van der Waals surface area contributed by atoms with E-state index in [2.05, 4.69) is 4.98 Å². The van der Waals surface area contributed by atoms with Crippen LogP contribution < -0.4 is 5.46 Å². The van der Waals surface area contributed by atoms with Crippen molar-refractivity contribution in [3.63, 3.8) is 0 Å². The van der Waals surface area contributed by atoms with Crippen molar-refractivity contribution < 1.29 is 9.31 Å². The summed E-state index contributed by atoms with van der Waals surface area (Å²) in [6, 6.07) is 1.76. The molecule has 2 rings (SSSR count). The van der Waals surface area contributed by atoms with Gasteiger partial charge in [-0.25, -0.2) is 4.98 Å². The third kappa shape index (κ3) is 2.19. The lowest BCUT2D eigenvalue weighted by Gasteiger charge is -2.32. The van der Waals surface area contributed by atoms with Crippen LogP contribution in [0, 0.1) is 0 Å². The molecule has 0 spiro atoms. The molecule has 0 aliphatic carbocycles. The van der Waals surface area contributed by atoms with Crippen molar-refractivity contribution >= 4 is 35.8 Å². The standard InChI is InChI=1S/C11H14BCl2NO2/c1-10(2)11(3,4)17-12(16-10)7-5-6-15-9(14)8(7)13/h5-6H,1-4H3. The lowest BCUT2D eigenvalue weighted by Crippen LogP contribution is -2.41. The van der Waals surface area contributed by atoms with Crippen LogP contribution in [0.3, 0.4) is 0 Å². The van der Waals surface area contributed by atoms with E-state index in [1.54, 1.807) is 12.3 Å². The highest BCUT2D eigenvalue weighted by molar-refractivity contribution is 6.66. The average molecular weight is 274 g/mol. The van der Waals surface area contributed by atoms with Gasteiger partial charge in [0.2, 0.25) is 0 Å². The second-order valence-electron chi connectivity index (χ2n) is 5.09. The SMILES string of the molecule is CC1(C)OB(c2ccnc(Cl)c2Cl)OC1(C)C. The van der Waals surface area contributed by atoms with Crippen LogP contribution in [0.1, 0.15) is 27.7 Å². The van der Waals surface area contributed by atoms with Crippen LogP contribution in [0.2, 0.25) is 10.2 Å². The molecule has 0 saturated carbocycles. The molecular weight excluding hydrogens is 260 g/mol. The average Bonchev–Trinajstić information content (AvgIpc) is 2.40. The topological polar surface area (TPSA) is 31.4 Å². The fourth-order valence-electron chi connectivity index (χ4n) is 1.58. The first-order valence-electron chi connectivity index (χ1n) is 5.40. The van der Waals surface area contributed by atoms with E-state index in [0.29, 0.717) is 10.5 Å². The third-order valence-corrected chi connectivity index (χ3v) is 4.16. The molecule has 0 amide bonds. The second-order valence-corrected chi connectivity index (χ2v) is 5.83. The number of hydrogen-bond donors (Lipinski definition) is 0. The first kappa shape index (κ1) is 13.2. The van der Waals surface area contributed by atoms with Crippen molar-refractivity contribution in [3.05, 3.63) is 22.4 Å². The van der Waals surface area contributed by atoms with Gasteiger partial charge in [-0.2, -0.15) is 0 Å². The highest BCUT2D eigenvalue weighted by Gasteiger charge is 2.52. The lowest BCUT2D eigenvalue weighted by molar-refractivity contribution is 0.00578. The van der Waals surface area contributed by atoms with Crippen LogP contribution in [-0.4, -0.2) is 23.3 Å². The van der Waals surface area contributed by atoms with E-state index in [4.69, 9.17) is 32.5 Å². The molecule has 17 heavy (non-hydrogen) atoms. The van der Waals surface area contributed by atoms with Crippen LogP contribution in [0.4, 0.5) is 0 Å². The molecule has 0 atom stereocenters. The fraction of sp³-hybridized carbons (Fsp3) is 0.545. The van der Waals surface area contributed by atoms with E-state index in [0.717, 1.165) is 0 Å². The maximum absolute atomic E-state index is 6.11. The van der Waals surface area contributed by atoms with E-state index in [1.807, 2.05) is 27.7 Å². The van der Waals surface area contributed by atoms with Crippen LogP contribution in [0.25, 0.3) is 0 Å². The van der Waals surface area contributed by atoms with E-state index < -0.39 is 18.3 Å². The Labute approximate surface area is 112 Å². The number of pyridine rings is 1. The van der Waals surface area contributed by atoms with E-state index in [9.17, 15) is 0 Å². The monoisotopic (exact) mass is 273 g/mol. The lowest BCUT2D eigenvalue weighted by atomic mass is 9.80. The summed E-state index contributed by atoms with van der Waals surface area (Å²) >= 11 is 12.0. The van der Waals surface area contributed by atoms with Crippen molar-refractivity contribution in [3.8, 4) is 0 Å². The molecule has 0 radical (unpaired) electrons. The molecule has 1 aliphatic rings. The van der Waals surface area contributed by atoms with Gasteiger partial charge in [0.15, 0.2) is 0 Å². The summed E-state index contributed by atoms with van der Waals surface area (Å²) < 4.78 is 11.8. The Balaban J connectivity index is 2.36. The van der Waals surface area contributed by atoms with Gasteiger partial charge in [0.05, 0.1) is 16.2 Å². The molecule has 1 aliphatic heterocycles. The van der Waals surface area contributed by atoms with Crippen LogP contribution in [-0.2, 0) is 9.31 Å². The Morgan fingerprint density at radius 2 is 1.65 bits per heavy atom. The molecule has 0 bridgehead atoms. The minimum absolute atomic E-state index is 0.263. The molecule has 0 N–H and O–H groups in total. The maximum atomic E-state index is 6.11. The second kappa shape index (κ2) is 4.13. The summed E-state index contributed by atoms with van der Waals surface area (Å²) in [5.41, 5.74) is -0.0710. The van der Waals surface area contributed by atoms with Crippen molar-refractivity contribution in [2.75, 3.05) is 0 Å². The van der Waals surface area contributed by atoms with Crippen molar-refractivity contribution in [1.82, 2.24) is 4.98 Å². The zero-order valence-electron chi connectivity index (χ0n) is 10.3. The molecule has 1 aromatic heterocycles. The number of halogens is 2. The molecule has 0 aromatic carbocycles. The molecule has 6 heteroatoms. The zero-order chi connectivity index (χ0) is 12.8. The molecule has 0 unspecified atom stereocenters. The Hall–Kier alpha value is -0.285. The van der Waals surface area contributed by atoms with Crippen molar-refractivity contribution in [2.45, 2.75) is 38.9 Å². The molecule has 1 fully saturated rings. The summed E-state index contributed by atoms with van der Waals surface area (Å²) in [5.74, 6) is 0. The predicted octanol–water partition coefficient (Wildman–Crippen LogP) is 2.69. The fourth-order valence-corrected chi connectivity index (χ4v) is 1.95. The van der Waals surface area contributed by atoms with Crippen LogP contribution >= 0.6 is 23.2 Å². The van der Waals surface area contributed by atoms with Gasteiger partial charge in [-0.15, -0.1) is 0 Å². The molecule has 92 valence electrons. The minimum Gasteiger partial charge on any atom is -0.399 e. The Morgan fingerprint density at radius 3 is 2.18 bits per heavy atom. The van der Waals surface area contributed by atoms with Crippen molar-refractivity contribution in [2.24, 2.45) is 0 Å². The Morgan fingerprint density at radius 1 is 1.12 bits per heavy atom. The maximum Gasteiger partial charge on any atom is 0.496 e.